The minimum Gasteiger partial charge on any atom is -0.489 e. The zero-order valence-electron chi connectivity index (χ0n) is 10.5. The molecule has 1 heterocycles. The minimum absolute atomic E-state index is 0.0817. The van der Waals surface area contributed by atoms with Crippen molar-refractivity contribution in [2.24, 2.45) is 0 Å². The molecule has 0 spiro atoms. The summed E-state index contributed by atoms with van der Waals surface area (Å²) in [6.45, 7) is 5.67. The Kier molecular flexibility index (Phi) is 3.76. The largest absolute Gasteiger partial charge is 0.489 e. The first kappa shape index (κ1) is 12.8. The molecule has 0 aliphatic carbocycles. The van der Waals surface area contributed by atoms with Gasteiger partial charge in [0.25, 0.3) is 5.22 Å². The molecule has 0 atom stereocenters. The molecule has 2 aromatic rings. The number of rotatable bonds is 4. The molecule has 0 saturated heterocycles. The molecule has 0 radical (unpaired) electrons. The third-order valence-electron chi connectivity index (χ3n) is 2.09. The first-order chi connectivity index (χ1) is 8.56. The van der Waals surface area contributed by atoms with Crippen molar-refractivity contribution < 1.29 is 9.15 Å². The molecule has 0 unspecified atom stereocenters. The molecule has 0 aliphatic rings. The van der Waals surface area contributed by atoms with Gasteiger partial charge in [-0.05, 0) is 37.7 Å². The number of nitrogen functional groups attached to an aromatic ring is 1. The first-order valence-electron chi connectivity index (χ1n) is 5.59. The molecular weight excluding hydrogens is 250 g/mol. The summed E-state index contributed by atoms with van der Waals surface area (Å²) in [7, 11) is 0. The van der Waals surface area contributed by atoms with Crippen LogP contribution in [-0.4, -0.2) is 16.3 Å². The van der Waals surface area contributed by atoms with Crippen molar-refractivity contribution >= 4 is 17.4 Å². The first-order valence-corrected chi connectivity index (χ1v) is 6.41. The maximum absolute atomic E-state index is 6.05. The minimum atomic E-state index is 0.0817. The zero-order chi connectivity index (χ0) is 13.1. The summed E-state index contributed by atoms with van der Waals surface area (Å²) >= 11 is 1.33. The van der Waals surface area contributed by atoms with Crippen molar-refractivity contribution in [2.75, 3.05) is 5.73 Å². The fourth-order valence-electron chi connectivity index (χ4n) is 1.38. The molecule has 96 valence electrons. The van der Waals surface area contributed by atoms with Crippen LogP contribution in [0.5, 0.6) is 5.75 Å². The third kappa shape index (κ3) is 2.95. The van der Waals surface area contributed by atoms with Crippen LogP contribution in [0.15, 0.2) is 32.7 Å². The van der Waals surface area contributed by atoms with Crippen LogP contribution >= 0.6 is 11.8 Å². The van der Waals surface area contributed by atoms with E-state index in [1.165, 1.54) is 11.8 Å². The number of aryl methyl sites for hydroxylation is 1. The molecule has 18 heavy (non-hydrogen) atoms. The van der Waals surface area contributed by atoms with Crippen LogP contribution in [-0.2, 0) is 0 Å². The number of benzene rings is 1. The van der Waals surface area contributed by atoms with E-state index in [-0.39, 0.29) is 6.10 Å². The number of aromatic nitrogens is 2. The number of ether oxygens (including phenoxy) is 1. The summed E-state index contributed by atoms with van der Waals surface area (Å²) in [4.78, 5) is 0.844. The second-order valence-corrected chi connectivity index (χ2v) is 5.02. The van der Waals surface area contributed by atoms with Gasteiger partial charge in [0, 0.05) is 11.8 Å². The summed E-state index contributed by atoms with van der Waals surface area (Å²) in [5.41, 5.74) is 6.64. The fourth-order valence-corrected chi connectivity index (χ4v) is 2.17. The molecule has 2 N–H and O–H groups in total. The number of hydrogen-bond donors (Lipinski definition) is 1. The van der Waals surface area contributed by atoms with E-state index >= 15 is 0 Å². The Labute approximate surface area is 110 Å². The van der Waals surface area contributed by atoms with Crippen LogP contribution in [0.25, 0.3) is 0 Å². The summed E-state index contributed by atoms with van der Waals surface area (Å²) in [5, 5.41) is 8.17. The van der Waals surface area contributed by atoms with E-state index in [2.05, 4.69) is 10.2 Å². The van der Waals surface area contributed by atoms with E-state index in [1.54, 1.807) is 6.92 Å². The highest BCUT2D eigenvalue weighted by Gasteiger charge is 2.12. The van der Waals surface area contributed by atoms with Crippen molar-refractivity contribution in [3.63, 3.8) is 0 Å². The van der Waals surface area contributed by atoms with E-state index in [1.807, 2.05) is 32.0 Å². The standard InChI is InChI=1S/C12H15N3O2S/c1-7(2)16-9-5-4-6-10(11(9)13)18-12-15-14-8(3)17-12/h4-7H,13H2,1-3H3. The van der Waals surface area contributed by atoms with Gasteiger partial charge >= 0.3 is 0 Å². The molecular formula is C12H15N3O2S. The Morgan fingerprint density at radius 1 is 1.33 bits per heavy atom. The Morgan fingerprint density at radius 3 is 2.72 bits per heavy atom. The molecule has 0 saturated carbocycles. The monoisotopic (exact) mass is 265 g/mol. The van der Waals surface area contributed by atoms with Gasteiger partial charge < -0.3 is 14.9 Å². The zero-order valence-corrected chi connectivity index (χ0v) is 11.3. The predicted molar refractivity (Wildman–Crippen MR) is 69.8 cm³/mol. The maximum Gasteiger partial charge on any atom is 0.281 e. The van der Waals surface area contributed by atoms with Gasteiger partial charge in [-0.25, -0.2) is 0 Å². The number of anilines is 1. The second-order valence-electron chi connectivity index (χ2n) is 4.02. The Bertz CT molecular complexity index is 540. The van der Waals surface area contributed by atoms with Crippen LogP contribution in [0.1, 0.15) is 19.7 Å². The Hall–Kier alpha value is -1.69. The smallest absolute Gasteiger partial charge is 0.281 e. The van der Waals surface area contributed by atoms with Crippen LogP contribution in [0, 0.1) is 6.92 Å². The van der Waals surface area contributed by atoms with Gasteiger partial charge in [-0.15, -0.1) is 10.2 Å². The lowest BCUT2D eigenvalue weighted by molar-refractivity contribution is 0.243. The lowest BCUT2D eigenvalue weighted by Crippen LogP contribution is -2.07. The average Bonchev–Trinajstić information content (AvgIpc) is 2.69. The van der Waals surface area contributed by atoms with Crippen molar-refractivity contribution in [1.82, 2.24) is 10.2 Å². The van der Waals surface area contributed by atoms with Crippen molar-refractivity contribution in [3.8, 4) is 5.75 Å². The summed E-state index contributed by atoms with van der Waals surface area (Å²) < 4.78 is 10.9. The van der Waals surface area contributed by atoms with Crippen LogP contribution in [0.2, 0.25) is 0 Å². The van der Waals surface area contributed by atoms with Gasteiger partial charge in [-0.1, -0.05) is 6.07 Å². The molecule has 2 rings (SSSR count). The highest BCUT2D eigenvalue weighted by molar-refractivity contribution is 7.99. The lowest BCUT2D eigenvalue weighted by atomic mass is 10.3. The van der Waals surface area contributed by atoms with Gasteiger partial charge in [-0.2, -0.15) is 0 Å². The average molecular weight is 265 g/mol. The number of hydrogen-bond acceptors (Lipinski definition) is 6. The van der Waals surface area contributed by atoms with Crippen molar-refractivity contribution in [3.05, 3.63) is 24.1 Å². The van der Waals surface area contributed by atoms with E-state index < -0.39 is 0 Å². The molecule has 1 aromatic carbocycles. The van der Waals surface area contributed by atoms with Gasteiger partial charge in [0.2, 0.25) is 5.89 Å². The second kappa shape index (κ2) is 5.30. The van der Waals surface area contributed by atoms with Gasteiger partial charge in [0.05, 0.1) is 11.8 Å². The molecule has 0 fully saturated rings. The molecule has 1 aromatic heterocycles. The quantitative estimate of drug-likeness (QED) is 0.857. The van der Waals surface area contributed by atoms with E-state index in [0.717, 1.165) is 4.90 Å². The van der Waals surface area contributed by atoms with Crippen molar-refractivity contribution in [2.45, 2.75) is 37.0 Å². The highest BCUT2D eigenvalue weighted by atomic mass is 32.2. The predicted octanol–water partition coefficient (Wildman–Crippen LogP) is 2.90. The molecule has 0 aliphatic heterocycles. The third-order valence-corrected chi connectivity index (χ3v) is 3.01. The molecule has 0 amide bonds. The summed E-state index contributed by atoms with van der Waals surface area (Å²) in [6.07, 6.45) is 0.0817. The van der Waals surface area contributed by atoms with Crippen LogP contribution in [0.3, 0.4) is 0 Å². The van der Waals surface area contributed by atoms with Gasteiger partial charge in [0.15, 0.2) is 0 Å². The van der Waals surface area contributed by atoms with Crippen LogP contribution < -0.4 is 10.5 Å². The number of para-hydroxylation sites is 1. The van der Waals surface area contributed by atoms with Gasteiger partial charge in [0.1, 0.15) is 5.75 Å². The van der Waals surface area contributed by atoms with Gasteiger partial charge in [-0.3, -0.25) is 0 Å². The molecule has 0 bridgehead atoms. The van der Waals surface area contributed by atoms with Crippen molar-refractivity contribution in [1.29, 1.82) is 0 Å². The molecule has 6 heteroatoms. The Balaban J connectivity index is 2.23. The maximum atomic E-state index is 6.05. The Morgan fingerprint density at radius 2 is 2.11 bits per heavy atom. The van der Waals surface area contributed by atoms with E-state index in [4.69, 9.17) is 14.9 Å². The van der Waals surface area contributed by atoms with E-state index in [9.17, 15) is 0 Å². The normalized spacial score (nSPS) is 10.9. The molecule has 5 nitrogen and oxygen atoms in total. The highest BCUT2D eigenvalue weighted by Crippen LogP contribution is 2.36. The number of nitrogens with zero attached hydrogens (tertiary/aromatic N) is 2. The lowest BCUT2D eigenvalue weighted by Gasteiger charge is -2.13. The SMILES string of the molecule is Cc1nnc(Sc2cccc(OC(C)C)c2N)o1. The van der Waals surface area contributed by atoms with Crippen LogP contribution in [0.4, 0.5) is 5.69 Å². The number of nitrogens with two attached hydrogens (primary N) is 1. The van der Waals surface area contributed by atoms with E-state index in [0.29, 0.717) is 22.6 Å². The fraction of sp³-hybridized carbons (Fsp3) is 0.333. The summed E-state index contributed by atoms with van der Waals surface area (Å²) in [6, 6.07) is 5.63. The summed E-state index contributed by atoms with van der Waals surface area (Å²) in [5.74, 6) is 1.21. The topological polar surface area (TPSA) is 74.2 Å².